The predicted octanol–water partition coefficient (Wildman–Crippen LogP) is 9.82. The molecule has 4 nitrogen and oxygen atoms in total. The molecular formula is C41H40O4. The number of carbonyl (C=O) groups is 2. The summed E-state index contributed by atoms with van der Waals surface area (Å²) in [5.74, 6) is 1.83. The molecule has 0 fully saturated rings. The van der Waals surface area contributed by atoms with E-state index in [2.05, 4.69) is 72.7 Å². The van der Waals surface area contributed by atoms with Crippen LogP contribution in [0, 0.1) is 34.6 Å². The highest BCUT2D eigenvalue weighted by Gasteiger charge is 2.26. The van der Waals surface area contributed by atoms with Gasteiger partial charge < -0.3 is 9.47 Å². The van der Waals surface area contributed by atoms with E-state index in [9.17, 15) is 9.59 Å². The lowest BCUT2D eigenvalue weighted by atomic mass is 9.75. The van der Waals surface area contributed by atoms with Crippen LogP contribution >= 0.6 is 0 Å². The van der Waals surface area contributed by atoms with Crippen molar-refractivity contribution in [3.8, 4) is 17.2 Å². The van der Waals surface area contributed by atoms with Gasteiger partial charge in [0.15, 0.2) is 11.6 Å². The maximum Gasteiger partial charge on any atom is 0.193 e. The molecule has 5 aromatic rings. The number of ketones is 2. The molecule has 4 heteroatoms. The van der Waals surface area contributed by atoms with Crippen molar-refractivity contribution >= 4 is 11.6 Å². The lowest BCUT2D eigenvalue weighted by molar-refractivity contribution is 0.103. The first kappa shape index (κ1) is 31.5. The van der Waals surface area contributed by atoms with Crippen LogP contribution in [0.4, 0.5) is 0 Å². The fraction of sp³-hybridized carbons (Fsp3) is 0.220. The second-order valence-electron chi connectivity index (χ2n) is 12.4. The Morgan fingerprint density at radius 3 is 1.40 bits per heavy atom. The Labute approximate surface area is 266 Å². The van der Waals surface area contributed by atoms with Crippen LogP contribution < -0.4 is 9.47 Å². The number of hydrogen-bond acceptors (Lipinski definition) is 4. The number of hydrogen-bond donors (Lipinski definition) is 0. The normalized spacial score (nSPS) is 11.3. The minimum atomic E-state index is -0.171. The van der Waals surface area contributed by atoms with E-state index < -0.39 is 0 Å². The number of methoxy groups -OCH3 is 1. The zero-order valence-corrected chi connectivity index (χ0v) is 27.4. The van der Waals surface area contributed by atoms with E-state index >= 15 is 0 Å². The van der Waals surface area contributed by atoms with Crippen LogP contribution in [-0.4, -0.2) is 18.7 Å². The molecule has 0 heterocycles. The zero-order chi connectivity index (χ0) is 32.5. The lowest BCUT2D eigenvalue weighted by Gasteiger charge is -2.29. The van der Waals surface area contributed by atoms with Gasteiger partial charge in [-0.3, -0.25) is 9.59 Å². The standard InChI is InChI=1S/C41H40O4/c1-25-20-34(21-26(2)29(25)5)41(6,7)35-22-27(3)40(28(4)23-35)45-37-18-14-31(15-19-37)39(43)33-11-9-10-32(24-33)38(42)30-12-16-36(44-8)17-13-30/h9-24H,1-8H3. The molecule has 5 aromatic carbocycles. The van der Waals surface area contributed by atoms with Gasteiger partial charge >= 0.3 is 0 Å². The molecule has 0 atom stereocenters. The van der Waals surface area contributed by atoms with Gasteiger partial charge in [-0.15, -0.1) is 0 Å². The molecule has 0 saturated carbocycles. The molecule has 0 amide bonds. The highest BCUT2D eigenvalue weighted by atomic mass is 16.5. The predicted molar refractivity (Wildman–Crippen MR) is 182 cm³/mol. The summed E-state index contributed by atoms with van der Waals surface area (Å²) in [6.45, 7) is 15.2. The van der Waals surface area contributed by atoms with Crippen molar-refractivity contribution in [2.75, 3.05) is 7.11 Å². The summed E-state index contributed by atoms with van der Waals surface area (Å²) < 4.78 is 11.5. The molecule has 0 aliphatic rings. The highest BCUT2D eigenvalue weighted by Crippen LogP contribution is 2.38. The van der Waals surface area contributed by atoms with Crippen LogP contribution in [0.15, 0.2) is 97.1 Å². The van der Waals surface area contributed by atoms with Crippen molar-refractivity contribution in [2.45, 2.75) is 53.9 Å². The van der Waals surface area contributed by atoms with E-state index in [0.717, 1.165) is 16.9 Å². The average molecular weight is 597 g/mol. The fourth-order valence-corrected chi connectivity index (χ4v) is 5.70. The topological polar surface area (TPSA) is 52.6 Å². The summed E-state index contributed by atoms with van der Waals surface area (Å²) in [6, 6.07) is 30.0. The second kappa shape index (κ2) is 12.6. The molecule has 45 heavy (non-hydrogen) atoms. The van der Waals surface area contributed by atoms with E-state index in [1.54, 1.807) is 67.8 Å². The molecule has 0 unspecified atom stereocenters. The first-order chi connectivity index (χ1) is 21.4. The van der Waals surface area contributed by atoms with Crippen molar-refractivity contribution in [3.05, 3.63) is 158 Å². The summed E-state index contributed by atoms with van der Waals surface area (Å²) in [5.41, 5.74) is 10.4. The van der Waals surface area contributed by atoms with E-state index in [0.29, 0.717) is 33.8 Å². The Balaban J connectivity index is 1.33. The molecule has 0 radical (unpaired) electrons. The Bertz CT molecular complexity index is 1850. The number of benzene rings is 5. The van der Waals surface area contributed by atoms with E-state index in [-0.39, 0.29) is 17.0 Å². The van der Waals surface area contributed by atoms with E-state index in [1.165, 1.54) is 27.8 Å². The summed E-state index contributed by atoms with van der Waals surface area (Å²) in [4.78, 5) is 26.4. The lowest BCUT2D eigenvalue weighted by Crippen LogP contribution is -2.20. The molecule has 0 aromatic heterocycles. The van der Waals surface area contributed by atoms with E-state index in [1.807, 2.05) is 12.1 Å². The van der Waals surface area contributed by atoms with Gasteiger partial charge in [0.1, 0.15) is 17.2 Å². The van der Waals surface area contributed by atoms with Crippen LogP contribution in [0.25, 0.3) is 0 Å². The van der Waals surface area contributed by atoms with Gasteiger partial charge in [0.2, 0.25) is 0 Å². The molecule has 228 valence electrons. The Morgan fingerprint density at radius 2 is 0.956 bits per heavy atom. The maximum absolute atomic E-state index is 13.4. The van der Waals surface area contributed by atoms with Crippen LogP contribution in [-0.2, 0) is 5.41 Å². The van der Waals surface area contributed by atoms with Gasteiger partial charge in [-0.05, 0) is 128 Å². The van der Waals surface area contributed by atoms with Gasteiger partial charge in [-0.2, -0.15) is 0 Å². The largest absolute Gasteiger partial charge is 0.497 e. The molecule has 0 aliphatic carbocycles. The van der Waals surface area contributed by atoms with Gasteiger partial charge in [-0.1, -0.05) is 56.3 Å². The zero-order valence-electron chi connectivity index (χ0n) is 27.4. The molecule has 0 spiro atoms. The number of ether oxygens (including phenoxy) is 2. The molecule has 0 aliphatic heterocycles. The van der Waals surface area contributed by atoms with Gasteiger partial charge in [0, 0.05) is 27.7 Å². The summed E-state index contributed by atoms with van der Waals surface area (Å²) >= 11 is 0. The third-order valence-electron chi connectivity index (χ3n) is 8.91. The Morgan fingerprint density at radius 1 is 0.533 bits per heavy atom. The monoisotopic (exact) mass is 596 g/mol. The molecule has 0 N–H and O–H groups in total. The number of rotatable bonds is 9. The minimum absolute atomic E-state index is 0.153. The Hall–Kier alpha value is -4.96. The van der Waals surface area contributed by atoms with Crippen molar-refractivity contribution in [3.63, 3.8) is 0 Å². The first-order valence-electron chi connectivity index (χ1n) is 15.2. The van der Waals surface area contributed by atoms with Gasteiger partial charge in [0.05, 0.1) is 7.11 Å². The maximum atomic E-state index is 13.4. The SMILES string of the molecule is COc1ccc(C(=O)c2cccc(C(=O)c3ccc(Oc4c(C)cc(C(C)(C)c5cc(C)c(C)c(C)c5)cc4C)cc3)c2)cc1. The summed E-state index contributed by atoms with van der Waals surface area (Å²) in [5, 5.41) is 0. The molecule has 5 rings (SSSR count). The Kier molecular flexibility index (Phi) is 8.79. The molecule has 0 saturated heterocycles. The number of carbonyl (C=O) groups excluding carboxylic acids is 2. The third kappa shape index (κ3) is 6.46. The van der Waals surface area contributed by atoms with Crippen molar-refractivity contribution in [2.24, 2.45) is 0 Å². The average Bonchev–Trinajstić information content (AvgIpc) is 3.04. The fourth-order valence-electron chi connectivity index (χ4n) is 5.70. The summed E-state index contributed by atoms with van der Waals surface area (Å²) in [6.07, 6.45) is 0. The molecular weight excluding hydrogens is 556 g/mol. The van der Waals surface area contributed by atoms with Crippen LogP contribution in [0.3, 0.4) is 0 Å². The van der Waals surface area contributed by atoms with Crippen molar-refractivity contribution in [1.29, 1.82) is 0 Å². The van der Waals surface area contributed by atoms with Crippen LogP contribution in [0.1, 0.15) is 84.6 Å². The second-order valence-corrected chi connectivity index (χ2v) is 12.4. The first-order valence-corrected chi connectivity index (χ1v) is 15.2. The van der Waals surface area contributed by atoms with Crippen LogP contribution in [0.2, 0.25) is 0 Å². The van der Waals surface area contributed by atoms with Crippen LogP contribution in [0.5, 0.6) is 17.2 Å². The van der Waals surface area contributed by atoms with Gasteiger partial charge in [-0.25, -0.2) is 0 Å². The summed E-state index contributed by atoms with van der Waals surface area (Å²) in [7, 11) is 1.58. The van der Waals surface area contributed by atoms with E-state index in [4.69, 9.17) is 9.47 Å². The smallest absolute Gasteiger partial charge is 0.193 e. The van der Waals surface area contributed by atoms with Crippen molar-refractivity contribution in [1.82, 2.24) is 0 Å². The molecule has 0 bridgehead atoms. The quantitative estimate of drug-likeness (QED) is 0.159. The number of aryl methyl sites for hydroxylation is 4. The minimum Gasteiger partial charge on any atom is -0.497 e. The highest BCUT2D eigenvalue weighted by molar-refractivity contribution is 6.13. The van der Waals surface area contributed by atoms with Crippen molar-refractivity contribution < 1.29 is 19.1 Å². The van der Waals surface area contributed by atoms with Gasteiger partial charge in [0.25, 0.3) is 0 Å². The third-order valence-corrected chi connectivity index (χ3v) is 8.91.